The highest BCUT2D eigenvalue weighted by Gasteiger charge is 2.25. The van der Waals surface area contributed by atoms with Crippen LogP contribution in [-0.2, 0) is 0 Å². The Hall–Kier alpha value is -3.76. The van der Waals surface area contributed by atoms with Crippen molar-refractivity contribution >= 4 is 29.0 Å². The fourth-order valence-corrected chi connectivity index (χ4v) is 3.82. The van der Waals surface area contributed by atoms with Crippen molar-refractivity contribution in [2.45, 2.75) is 19.4 Å². The lowest BCUT2D eigenvalue weighted by Crippen LogP contribution is -2.42. The van der Waals surface area contributed by atoms with Crippen LogP contribution < -0.4 is 20.9 Å². The van der Waals surface area contributed by atoms with Gasteiger partial charge in [0.1, 0.15) is 11.5 Å². The molecule has 10 nitrogen and oxygen atoms in total. The number of carbonyl (C=O) groups excluding carboxylic acids is 1. The van der Waals surface area contributed by atoms with E-state index in [1.807, 2.05) is 0 Å². The van der Waals surface area contributed by atoms with Gasteiger partial charge in [-0.15, -0.1) is 0 Å². The number of aryl methyl sites for hydroxylation is 1. The van der Waals surface area contributed by atoms with Crippen LogP contribution in [0.15, 0.2) is 35.8 Å². The Bertz CT molecular complexity index is 1160. The Balaban J connectivity index is 1.23. The third-order valence-corrected chi connectivity index (χ3v) is 5.28. The van der Waals surface area contributed by atoms with Crippen LogP contribution in [-0.4, -0.2) is 63.4 Å². The summed E-state index contributed by atoms with van der Waals surface area (Å²) >= 11 is 0. The minimum absolute atomic E-state index is 0.157. The summed E-state index contributed by atoms with van der Waals surface area (Å²) in [7, 11) is 0. The van der Waals surface area contributed by atoms with E-state index in [4.69, 9.17) is 0 Å². The van der Waals surface area contributed by atoms with E-state index in [1.54, 1.807) is 29.9 Å². The maximum Gasteiger partial charge on any atom is 0.275 e. The van der Waals surface area contributed by atoms with Crippen LogP contribution in [0.5, 0.6) is 0 Å². The molecule has 1 fully saturated rings. The summed E-state index contributed by atoms with van der Waals surface area (Å²) in [5.74, 6) is 0.596. The van der Waals surface area contributed by atoms with Gasteiger partial charge in [-0.05, 0) is 13.3 Å². The molecule has 0 aliphatic carbocycles. The number of aliphatic imine (C=N–C) groups is 1. The molecule has 2 aliphatic heterocycles. The number of nitrogens with one attached hydrogen (secondary N) is 3. The summed E-state index contributed by atoms with van der Waals surface area (Å²) in [6, 6.07) is 1.52. The van der Waals surface area contributed by atoms with Gasteiger partial charge < -0.3 is 25.3 Å². The number of pyridine rings is 1. The zero-order valence-electron chi connectivity index (χ0n) is 17.0. The average molecular weight is 423 g/mol. The Morgan fingerprint density at radius 1 is 1.29 bits per heavy atom. The number of nitrogens with zero attached hydrogens (tertiary/aromatic N) is 6. The van der Waals surface area contributed by atoms with Crippen molar-refractivity contribution in [2.24, 2.45) is 4.99 Å². The number of anilines is 2. The van der Waals surface area contributed by atoms with E-state index in [0.717, 1.165) is 38.6 Å². The van der Waals surface area contributed by atoms with Gasteiger partial charge in [0.15, 0.2) is 17.4 Å². The highest BCUT2D eigenvalue weighted by atomic mass is 19.1. The van der Waals surface area contributed by atoms with Gasteiger partial charge in [-0.25, -0.2) is 19.3 Å². The second-order valence-electron chi connectivity index (χ2n) is 7.64. The zero-order chi connectivity index (χ0) is 21.4. The molecule has 1 unspecified atom stereocenters. The first-order valence-corrected chi connectivity index (χ1v) is 10.1. The number of rotatable bonds is 4. The fourth-order valence-electron chi connectivity index (χ4n) is 3.82. The monoisotopic (exact) mass is 423 g/mol. The molecule has 1 atom stereocenters. The predicted molar refractivity (Wildman–Crippen MR) is 114 cm³/mol. The normalized spacial score (nSPS) is 18.2. The lowest BCUT2D eigenvalue weighted by Gasteiger charge is -2.18. The van der Waals surface area contributed by atoms with Crippen molar-refractivity contribution in [3.63, 3.8) is 0 Å². The number of amides is 1. The van der Waals surface area contributed by atoms with E-state index in [9.17, 15) is 9.18 Å². The molecule has 1 amide bonds. The molecule has 3 N–H and O–H groups in total. The van der Waals surface area contributed by atoms with E-state index >= 15 is 0 Å². The van der Waals surface area contributed by atoms with Gasteiger partial charge >= 0.3 is 0 Å². The minimum atomic E-state index is -0.511. The van der Waals surface area contributed by atoms with E-state index in [0.29, 0.717) is 17.2 Å². The van der Waals surface area contributed by atoms with Crippen molar-refractivity contribution in [2.75, 3.05) is 36.4 Å². The molecule has 5 heterocycles. The molecule has 0 saturated carbocycles. The standard InChI is InChI=1S/C20H22FN9O/c1-12-9-30-11-14(6-15(21)18(30)26-12)27-19(31)16-7-25-17(8-24-16)29-5-2-13(10-29)28-20-22-3-4-23-20/h6-9,11,13H,2-5,10H2,1H3,(H,27,31)(H2,22,23,28). The van der Waals surface area contributed by atoms with Gasteiger partial charge in [0.25, 0.3) is 5.91 Å². The van der Waals surface area contributed by atoms with Gasteiger partial charge in [-0.2, -0.15) is 0 Å². The summed E-state index contributed by atoms with van der Waals surface area (Å²) < 4.78 is 15.8. The van der Waals surface area contributed by atoms with Crippen molar-refractivity contribution in [1.29, 1.82) is 0 Å². The number of hydrogen-bond acceptors (Lipinski definition) is 8. The summed E-state index contributed by atoms with van der Waals surface area (Å²) in [4.78, 5) is 31.8. The molecule has 3 aromatic heterocycles. The van der Waals surface area contributed by atoms with Crippen molar-refractivity contribution in [1.82, 2.24) is 30.0 Å². The summed E-state index contributed by atoms with van der Waals surface area (Å²) in [6.07, 6.45) is 7.29. The lowest BCUT2D eigenvalue weighted by molar-refractivity contribution is 0.102. The summed E-state index contributed by atoms with van der Waals surface area (Å²) in [6.45, 7) is 5.08. The molecular formula is C20H22FN9O. The van der Waals surface area contributed by atoms with Crippen molar-refractivity contribution in [3.8, 4) is 0 Å². The van der Waals surface area contributed by atoms with Crippen LogP contribution in [0.4, 0.5) is 15.9 Å². The highest BCUT2D eigenvalue weighted by molar-refractivity contribution is 6.02. The quantitative estimate of drug-likeness (QED) is 0.573. The minimum Gasteiger partial charge on any atom is -0.355 e. The van der Waals surface area contributed by atoms with Crippen LogP contribution >= 0.6 is 0 Å². The molecule has 160 valence electrons. The van der Waals surface area contributed by atoms with Gasteiger partial charge in [0.2, 0.25) is 0 Å². The summed E-state index contributed by atoms with van der Waals surface area (Å²) in [5.41, 5.74) is 1.38. The molecule has 0 aromatic carbocycles. The number of aromatic nitrogens is 4. The van der Waals surface area contributed by atoms with Crippen molar-refractivity contribution in [3.05, 3.63) is 48.1 Å². The smallest absolute Gasteiger partial charge is 0.275 e. The Labute approximate surface area is 177 Å². The van der Waals surface area contributed by atoms with Gasteiger partial charge in [-0.1, -0.05) is 0 Å². The zero-order valence-corrected chi connectivity index (χ0v) is 17.0. The number of carbonyl (C=O) groups is 1. The third-order valence-electron chi connectivity index (χ3n) is 5.28. The van der Waals surface area contributed by atoms with Crippen LogP contribution in [0.3, 0.4) is 0 Å². The predicted octanol–water partition coefficient (Wildman–Crippen LogP) is 0.952. The first-order valence-electron chi connectivity index (χ1n) is 10.1. The Morgan fingerprint density at radius 3 is 2.97 bits per heavy atom. The third kappa shape index (κ3) is 3.98. The lowest BCUT2D eigenvalue weighted by atomic mass is 10.3. The topological polar surface area (TPSA) is 112 Å². The number of fused-ring (bicyclic) bond motifs is 1. The number of guanidine groups is 1. The highest BCUT2D eigenvalue weighted by Crippen LogP contribution is 2.19. The van der Waals surface area contributed by atoms with E-state index in [1.165, 1.54) is 12.3 Å². The second-order valence-corrected chi connectivity index (χ2v) is 7.64. The molecule has 5 rings (SSSR count). The Morgan fingerprint density at radius 2 is 2.19 bits per heavy atom. The maximum absolute atomic E-state index is 14.2. The molecule has 1 saturated heterocycles. The molecular weight excluding hydrogens is 401 g/mol. The first kappa shape index (κ1) is 19.2. The molecule has 0 spiro atoms. The second kappa shape index (κ2) is 7.82. The maximum atomic E-state index is 14.2. The van der Waals surface area contributed by atoms with Crippen LogP contribution in [0.25, 0.3) is 5.65 Å². The molecule has 3 aromatic rings. The van der Waals surface area contributed by atoms with Crippen molar-refractivity contribution < 1.29 is 9.18 Å². The van der Waals surface area contributed by atoms with Gasteiger partial charge in [-0.3, -0.25) is 9.79 Å². The van der Waals surface area contributed by atoms with Gasteiger partial charge in [0, 0.05) is 44.1 Å². The molecule has 2 aliphatic rings. The molecule has 0 radical (unpaired) electrons. The average Bonchev–Trinajstić information content (AvgIpc) is 3.50. The van der Waals surface area contributed by atoms with Crippen LogP contribution in [0, 0.1) is 12.7 Å². The number of imidazole rings is 1. The van der Waals surface area contributed by atoms with E-state index in [2.05, 4.69) is 40.8 Å². The van der Waals surface area contributed by atoms with Gasteiger partial charge in [0.05, 0.1) is 30.3 Å². The SMILES string of the molecule is Cc1cn2cc(NC(=O)c3cnc(N4CCC(NC5=NCCN5)C4)cn3)cc(F)c2n1. The largest absolute Gasteiger partial charge is 0.355 e. The first-order chi connectivity index (χ1) is 15.0. The Kier molecular flexibility index (Phi) is 4.85. The van der Waals surface area contributed by atoms with E-state index in [-0.39, 0.29) is 17.4 Å². The van der Waals surface area contributed by atoms with E-state index < -0.39 is 11.7 Å². The fraction of sp³-hybridized carbons (Fsp3) is 0.350. The number of hydrogen-bond donors (Lipinski definition) is 3. The molecule has 31 heavy (non-hydrogen) atoms. The molecule has 11 heteroatoms. The van der Waals surface area contributed by atoms with Crippen LogP contribution in [0.1, 0.15) is 22.6 Å². The number of halogens is 1. The molecule has 0 bridgehead atoms. The summed E-state index contributed by atoms with van der Waals surface area (Å²) in [5, 5.41) is 9.28. The van der Waals surface area contributed by atoms with Crippen LogP contribution in [0.2, 0.25) is 0 Å².